The van der Waals surface area contributed by atoms with Gasteiger partial charge in [-0.05, 0) is 19.1 Å². The molecule has 0 bridgehead atoms. The fourth-order valence-corrected chi connectivity index (χ4v) is 2.85. The zero-order chi connectivity index (χ0) is 16.4. The lowest BCUT2D eigenvalue weighted by Gasteiger charge is -2.21. The smallest absolute Gasteiger partial charge is 0.241 e. The summed E-state index contributed by atoms with van der Waals surface area (Å²) in [6.45, 7) is 4.49. The van der Waals surface area contributed by atoms with Crippen LogP contribution >= 0.6 is 22.9 Å². The number of thiophene rings is 1. The number of carbonyl (C=O) groups is 1. The molecular weight excluding hydrogens is 324 g/mol. The fourth-order valence-electron chi connectivity index (χ4n) is 1.71. The maximum Gasteiger partial charge on any atom is 0.241 e. The number of nitrogens with one attached hydrogen (secondary N) is 2. The summed E-state index contributed by atoms with van der Waals surface area (Å²) in [5, 5.41) is 5.92. The molecule has 0 saturated heterocycles. The lowest BCUT2D eigenvalue weighted by Crippen LogP contribution is -2.39. The lowest BCUT2D eigenvalue weighted by atomic mass is 10.4. The van der Waals surface area contributed by atoms with Crippen molar-refractivity contribution in [1.82, 2.24) is 15.5 Å². The van der Waals surface area contributed by atoms with Crippen LogP contribution in [0.4, 0.5) is 0 Å². The molecule has 0 unspecified atom stereocenters. The van der Waals surface area contributed by atoms with E-state index >= 15 is 0 Å². The Morgan fingerprint density at radius 1 is 1.45 bits per heavy atom. The molecule has 0 spiro atoms. The van der Waals surface area contributed by atoms with E-state index in [1.54, 1.807) is 7.11 Å². The second kappa shape index (κ2) is 10.4. The molecule has 1 rings (SSSR count). The predicted octanol–water partition coefficient (Wildman–Crippen LogP) is 1.56. The van der Waals surface area contributed by atoms with E-state index in [1.807, 2.05) is 31.0 Å². The number of amides is 1. The highest BCUT2D eigenvalue weighted by atomic mass is 35.5. The summed E-state index contributed by atoms with van der Waals surface area (Å²) in [4.78, 5) is 19.1. The van der Waals surface area contributed by atoms with Crippen LogP contribution in [0.25, 0.3) is 0 Å². The van der Waals surface area contributed by atoms with E-state index in [1.165, 1.54) is 11.3 Å². The standard InChI is InChI=1S/C14H23ClN4O2S/c1-4-16-14(18-9-13(20)17-7-8-21-3)19(2)10-11-5-6-12(15)22-11/h5-6H,4,7-10H2,1-3H3,(H,16,18)(H,17,20). The molecule has 0 aliphatic heterocycles. The van der Waals surface area contributed by atoms with E-state index < -0.39 is 0 Å². The monoisotopic (exact) mass is 346 g/mol. The van der Waals surface area contributed by atoms with Gasteiger partial charge in [-0.1, -0.05) is 11.6 Å². The van der Waals surface area contributed by atoms with Gasteiger partial charge >= 0.3 is 0 Å². The molecule has 2 N–H and O–H groups in total. The number of hydrogen-bond acceptors (Lipinski definition) is 4. The van der Waals surface area contributed by atoms with Gasteiger partial charge in [0.2, 0.25) is 5.91 Å². The number of aliphatic imine (C=N–C) groups is 1. The minimum absolute atomic E-state index is 0.0849. The van der Waals surface area contributed by atoms with E-state index in [0.717, 1.165) is 15.8 Å². The average Bonchev–Trinajstić information content (AvgIpc) is 2.88. The van der Waals surface area contributed by atoms with Gasteiger partial charge in [-0.2, -0.15) is 0 Å². The number of carbonyl (C=O) groups excluding carboxylic acids is 1. The fraction of sp³-hybridized carbons (Fsp3) is 0.571. The number of ether oxygens (including phenoxy) is 1. The highest BCUT2D eigenvalue weighted by Gasteiger charge is 2.09. The Labute approximate surface area is 140 Å². The molecule has 1 heterocycles. The molecule has 0 radical (unpaired) electrons. The molecule has 6 nitrogen and oxygen atoms in total. The predicted molar refractivity (Wildman–Crippen MR) is 91.7 cm³/mol. The molecule has 1 aromatic heterocycles. The second-order valence-electron chi connectivity index (χ2n) is 4.57. The highest BCUT2D eigenvalue weighted by molar-refractivity contribution is 7.16. The summed E-state index contributed by atoms with van der Waals surface area (Å²) >= 11 is 7.48. The van der Waals surface area contributed by atoms with Crippen LogP contribution in [0.2, 0.25) is 4.34 Å². The van der Waals surface area contributed by atoms with Crippen molar-refractivity contribution in [1.29, 1.82) is 0 Å². The average molecular weight is 347 g/mol. The van der Waals surface area contributed by atoms with Gasteiger partial charge in [0.05, 0.1) is 17.5 Å². The van der Waals surface area contributed by atoms with Gasteiger partial charge in [-0.25, -0.2) is 4.99 Å². The normalized spacial score (nSPS) is 11.4. The first-order chi connectivity index (χ1) is 10.6. The van der Waals surface area contributed by atoms with Gasteiger partial charge in [0.25, 0.3) is 0 Å². The summed E-state index contributed by atoms with van der Waals surface area (Å²) in [5.41, 5.74) is 0. The van der Waals surface area contributed by atoms with Crippen molar-refractivity contribution in [2.45, 2.75) is 13.5 Å². The Morgan fingerprint density at radius 3 is 2.82 bits per heavy atom. The van der Waals surface area contributed by atoms with Crippen LogP contribution in [-0.2, 0) is 16.1 Å². The van der Waals surface area contributed by atoms with Crippen LogP contribution in [-0.4, -0.2) is 57.2 Å². The largest absolute Gasteiger partial charge is 0.383 e. The Morgan fingerprint density at radius 2 is 2.23 bits per heavy atom. The number of nitrogens with zero attached hydrogens (tertiary/aromatic N) is 2. The SMILES string of the molecule is CCNC(=NCC(=O)NCCOC)N(C)Cc1ccc(Cl)s1. The molecule has 0 aliphatic rings. The van der Waals surface area contributed by atoms with Gasteiger partial charge in [0, 0.05) is 32.1 Å². The van der Waals surface area contributed by atoms with E-state index in [2.05, 4.69) is 15.6 Å². The third kappa shape index (κ3) is 7.11. The van der Waals surface area contributed by atoms with Crippen molar-refractivity contribution in [3.05, 3.63) is 21.3 Å². The summed E-state index contributed by atoms with van der Waals surface area (Å²) in [6.07, 6.45) is 0. The number of hydrogen-bond donors (Lipinski definition) is 2. The van der Waals surface area contributed by atoms with Gasteiger partial charge in [-0.15, -0.1) is 11.3 Å². The molecule has 8 heteroatoms. The summed E-state index contributed by atoms with van der Waals surface area (Å²) in [7, 11) is 3.53. The highest BCUT2D eigenvalue weighted by Crippen LogP contribution is 2.22. The Hall–Kier alpha value is -1.31. The third-order valence-corrected chi connectivity index (χ3v) is 3.94. The molecule has 0 saturated carbocycles. The van der Waals surface area contributed by atoms with E-state index in [4.69, 9.17) is 16.3 Å². The molecule has 0 aromatic carbocycles. The van der Waals surface area contributed by atoms with Crippen LogP contribution in [0.15, 0.2) is 17.1 Å². The second-order valence-corrected chi connectivity index (χ2v) is 6.37. The molecule has 0 atom stereocenters. The summed E-state index contributed by atoms with van der Waals surface area (Å²) in [6, 6.07) is 3.87. The van der Waals surface area contributed by atoms with Crippen molar-refractivity contribution < 1.29 is 9.53 Å². The molecule has 1 amide bonds. The molecular formula is C14H23ClN4O2S. The zero-order valence-corrected chi connectivity index (χ0v) is 14.8. The summed E-state index contributed by atoms with van der Waals surface area (Å²) in [5.74, 6) is 0.564. The minimum atomic E-state index is -0.125. The van der Waals surface area contributed by atoms with Crippen molar-refractivity contribution in [3.8, 4) is 0 Å². The van der Waals surface area contributed by atoms with E-state index in [0.29, 0.717) is 25.7 Å². The third-order valence-electron chi connectivity index (χ3n) is 2.72. The number of guanidine groups is 1. The van der Waals surface area contributed by atoms with Crippen LogP contribution in [0, 0.1) is 0 Å². The Bertz CT molecular complexity index is 493. The molecule has 0 aliphatic carbocycles. The minimum Gasteiger partial charge on any atom is -0.383 e. The van der Waals surface area contributed by atoms with Gasteiger partial charge in [0.1, 0.15) is 6.54 Å². The molecule has 124 valence electrons. The maximum atomic E-state index is 11.7. The van der Waals surface area contributed by atoms with Crippen molar-refractivity contribution in [3.63, 3.8) is 0 Å². The van der Waals surface area contributed by atoms with Crippen LogP contribution in [0.5, 0.6) is 0 Å². The van der Waals surface area contributed by atoms with E-state index in [9.17, 15) is 4.79 Å². The number of methoxy groups -OCH3 is 1. The first kappa shape index (κ1) is 18.7. The van der Waals surface area contributed by atoms with Crippen LogP contribution in [0.3, 0.4) is 0 Å². The van der Waals surface area contributed by atoms with Crippen LogP contribution < -0.4 is 10.6 Å². The molecule has 22 heavy (non-hydrogen) atoms. The first-order valence-electron chi connectivity index (χ1n) is 7.06. The maximum absolute atomic E-state index is 11.7. The van der Waals surface area contributed by atoms with Crippen LogP contribution in [0.1, 0.15) is 11.8 Å². The van der Waals surface area contributed by atoms with Gasteiger partial charge < -0.3 is 20.3 Å². The van der Waals surface area contributed by atoms with Gasteiger partial charge in [-0.3, -0.25) is 4.79 Å². The summed E-state index contributed by atoms with van der Waals surface area (Å²) < 4.78 is 5.65. The zero-order valence-electron chi connectivity index (χ0n) is 13.2. The van der Waals surface area contributed by atoms with Crippen molar-refractivity contribution in [2.75, 3.05) is 40.4 Å². The first-order valence-corrected chi connectivity index (χ1v) is 8.25. The Balaban J connectivity index is 2.54. The lowest BCUT2D eigenvalue weighted by molar-refractivity contribution is -0.119. The number of halogens is 1. The number of rotatable bonds is 8. The molecule has 1 aromatic rings. The molecule has 0 fully saturated rings. The topological polar surface area (TPSA) is 66.0 Å². The van der Waals surface area contributed by atoms with Crippen molar-refractivity contribution in [2.24, 2.45) is 4.99 Å². The Kier molecular flexibility index (Phi) is 8.88. The van der Waals surface area contributed by atoms with E-state index in [-0.39, 0.29) is 12.5 Å². The van der Waals surface area contributed by atoms with Gasteiger partial charge in [0.15, 0.2) is 5.96 Å². The van der Waals surface area contributed by atoms with Crippen molar-refractivity contribution >= 4 is 34.8 Å². The quantitative estimate of drug-likeness (QED) is 0.426.